The highest BCUT2D eigenvalue weighted by molar-refractivity contribution is 6.30. The summed E-state index contributed by atoms with van der Waals surface area (Å²) in [4.78, 5) is 24.0. The van der Waals surface area contributed by atoms with Crippen LogP contribution in [-0.4, -0.2) is 37.6 Å². The van der Waals surface area contributed by atoms with Gasteiger partial charge < -0.3 is 20.1 Å². The number of halogens is 1. The van der Waals surface area contributed by atoms with Crippen molar-refractivity contribution in [1.82, 2.24) is 10.6 Å². The summed E-state index contributed by atoms with van der Waals surface area (Å²) >= 11 is 5.80. The lowest BCUT2D eigenvalue weighted by Gasteiger charge is -2.18. The van der Waals surface area contributed by atoms with Crippen LogP contribution in [0.5, 0.6) is 11.5 Å². The van der Waals surface area contributed by atoms with Gasteiger partial charge in [-0.05, 0) is 48.7 Å². The van der Waals surface area contributed by atoms with Gasteiger partial charge in [0.2, 0.25) is 0 Å². The highest BCUT2D eigenvalue weighted by Gasteiger charge is 2.16. The monoisotopic (exact) mass is 418 g/mol. The Morgan fingerprint density at radius 2 is 1.62 bits per heavy atom. The van der Waals surface area contributed by atoms with Gasteiger partial charge in [-0.2, -0.15) is 0 Å². The van der Waals surface area contributed by atoms with Crippen molar-refractivity contribution in [1.29, 1.82) is 0 Å². The van der Waals surface area contributed by atoms with Crippen molar-refractivity contribution in [3.05, 3.63) is 59.1 Å². The zero-order valence-electron chi connectivity index (χ0n) is 16.9. The minimum Gasteiger partial charge on any atom is -0.484 e. The molecule has 2 aromatic rings. The number of hydrogen-bond donors (Lipinski definition) is 2. The van der Waals surface area contributed by atoms with E-state index >= 15 is 0 Å². The Morgan fingerprint density at radius 1 is 0.966 bits per heavy atom. The predicted octanol–water partition coefficient (Wildman–Crippen LogP) is 3.54. The summed E-state index contributed by atoms with van der Waals surface area (Å²) in [5.41, 5.74) is 1.06. The van der Waals surface area contributed by atoms with Gasteiger partial charge in [0.1, 0.15) is 11.5 Å². The largest absolute Gasteiger partial charge is 0.484 e. The third kappa shape index (κ3) is 7.66. The summed E-state index contributed by atoms with van der Waals surface area (Å²) in [5, 5.41) is 6.04. The molecule has 2 aromatic carbocycles. The first kappa shape index (κ1) is 22.6. The number of hydrogen-bond acceptors (Lipinski definition) is 4. The summed E-state index contributed by atoms with van der Waals surface area (Å²) in [5.74, 6) is 1.05. The number of benzene rings is 2. The quantitative estimate of drug-likeness (QED) is 0.578. The van der Waals surface area contributed by atoms with Gasteiger partial charge in [0.15, 0.2) is 12.7 Å². The maximum atomic E-state index is 12.2. The van der Waals surface area contributed by atoms with E-state index in [1.165, 1.54) is 0 Å². The summed E-state index contributed by atoms with van der Waals surface area (Å²) in [6.45, 7) is 6.33. The molecule has 0 fully saturated rings. The van der Waals surface area contributed by atoms with Crippen LogP contribution in [0.25, 0.3) is 0 Å². The molecule has 1 atom stereocenters. The average Bonchev–Trinajstić information content (AvgIpc) is 2.70. The zero-order chi connectivity index (χ0) is 21.2. The Morgan fingerprint density at radius 3 is 2.31 bits per heavy atom. The number of amides is 2. The molecule has 156 valence electrons. The fraction of sp³-hybridized carbons (Fsp3) is 0.364. The zero-order valence-corrected chi connectivity index (χ0v) is 17.7. The topological polar surface area (TPSA) is 76.7 Å². The normalized spacial score (nSPS) is 11.6. The SMILES string of the molecule is CC(Oc1ccccc1C(C)C)C(=O)NCCNC(=O)COc1ccc(Cl)cc1. The number of carbonyl (C=O) groups excluding carboxylic acids is 2. The minimum absolute atomic E-state index is 0.110. The first-order chi connectivity index (χ1) is 13.9. The van der Waals surface area contributed by atoms with Crippen molar-refractivity contribution >= 4 is 23.4 Å². The Labute approximate surface area is 176 Å². The van der Waals surface area contributed by atoms with Crippen LogP contribution in [-0.2, 0) is 9.59 Å². The lowest BCUT2D eigenvalue weighted by molar-refractivity contribution is -0.127. The first-order valence-corrected chi connectivity index (χ1v) is 9.93. The highest BCUT2D eigenvalue weighted by Crippen LogP contribution is 2.26. The molecule has 6 nitrogen and oxygen atoms in total. The van der Waals surface area contributed by atoms with Gasteiger partial charge >= 0.3 is 0 Å². The molecule has 2 rings (SSSR count). The van der Waals surface area contributed by atoms with Crippen LogP contribution in [0.3, 0.4) is 0 Å². The third-order valence-corrected chi connectivity index (χ3v) is 4.40. The van der Waals surface area contributed by atoms with Crippen molar-refractivity contribution in [2.75, 3.05) is 19.7 Å². The standard InChI is InChI=1S/C22H27ClN2O4/c1-15(2)19-6-4-5-7-20(19)29-16(3)22(27)25-13-12-24-21(26)14-28-18-10-8-17(23)9-11-18/h4-11,15-16H,12-14H2,1-3H3,(H,24,26)(H,25,27). The number of nitrogens with one attached hydrogen (secondary N) is 2. The Balaban J connectivity index is 1.67. The van der Waals surface area contributed by atoms with Crippen molar-refractivity contribution in [2.24, 2.45) is 0 Å². The van der Waals surface area contributed by atoms with Gasteiger partial charge in [-0.25, -0.2) is 0 Å². The van der Waals surface area contributed by atoms with E-state index in [9.17, 15) is 9.59 Å². The molecule has 2 N–H and O–H groups in total. The second-order valence-corrected chi connectivity index (χ2v) is 7.27. The lowest BCUT2D eigenvalue weighted by Crippen LogP contribution is -2.41. The molecule has 0 spiro atoms. The maximum Gasteiger partial charge on any atom is 0.260 e. The Kier molecular flexibility index (Phi) is 8.80. The molecule has 0 heterocycles. The molecule has 29 heavy (non-hydrogen) atoms. The second kappa shape index (κ2) is 11.3. The van der Waals surface area contributed by atoms with Crippen LogP contribution in [0.1, 0.15) is 32.3 Å². The van der Waals surface area contributed by atoms with E-state index in [0.29, 0.717) is 35.5 Å². The maximum absolute atomic E-state index is 12.2. The Bertz CT molecular complexity index is 809. The molecular weight excluding hydrogens is 392 g/mol. The van der Waals surface area contributed by atoms with Gasteiger partial charge in [0, 0.05) is 18.1 Å². The molecular formula is C22H27ClN2O4. The van der Waals surface area contributed by atoms with Crippen LogP contribution >= 0.6 is 11.6 Å². The molecule has 2 amide bonds. The summed E-state index contributed by atoms with van der Waals surface area (Å²) in [6.07, 6.45) is -0.640. The molecule has 0 aromatic heterocycles. The molecule has 0 aliphatic rings. The molecule has 7 heteroatoms. The van der Waals surface area contributed by atoms with Crippen molar-refractivity contribution in [3.8, 4) is 11.5 Å². The molecule has 0 aliphatic heterocycles. The van der Waals surface area contributed by atoms with E-state index in [4.69, 9.17) is 21.1 Å². The molecule has 1 unspecified atom stereocenters. The molecule has 0 aliphatic carbocycles. The molecule has 0 bridgehead atoms. The van der Waals surface area contributed by atoms with E-state index in [1.54, 1.807) is 31.2 Å². The first-order valence-electron chi connectivity index (χ1n) is 9.55. The van der Waals surface area contributed by atoms with Crippen molar-refractivity contribution in [3.63, 3.8) is 0 Å². The van der Waals surface area contributed by atoms with E-state index in [0.717, 1.165) is 5.56 Å². The van der Waals surface area contributed by atoms with E-state index in [1.807, 2.05) is 24.3 Å². The highest BCUT2D eigenvalue weighted by atomic mass is 35.5. The summed E-state index contributed by atoms with van der Waals surface area (Å²) in [6, 6.07) is 14.4. The minimum atomic E-state index is -0.640. The smallest absolute Gasteiger partial charge is 0.260 e. The van der Waals surface area contributed by atoms with Gasteiger partial charge in [-0.15, -0.1) is 0 Å². The predicted molar refractivity (Wildman–Crippen MR) is 114 cm³/mol. The third-order valence-electron chi connectivity index (χ3n) is 4.14. The van der Waals surface area contributed by atoms with Crippen molar-refractivity contribution in [2.45, 2.75) is 32.8 Å². The summed E-state index contributed by atoms with van der Waals surface area (Å²) < 4.78 is 11.2. The Hall–Kier alpha value is -2.73. The lowest BCUT2D eigenvalue weighted by atomic mass is 10.0. The van der Waals surface area contributed by atoms with Crippen LogP contribution in [0.2, 0.25) is 5.02 Å². The van der Waals surface area contributed by atoms with E-state index in [-0.39, 0.29) is 18.4 Å². The van der Waals surface area contributed by atoms with Crippen molar-refractivity contribution < 1.29 is 19.1 Å². The number of carbonyl (C=O) groups is 2. The van der Waals surface area contributed by atoms with E-state index < -0.39 is 6.10 Å². The molecule has 0 radical (unpaired) electrons. The van der Waals surface area contributed by atoms with Crippen LogP contribution in [0, 0.1) is 0 Å². The number of ether oxygens (including phenoxy) is 2. The van der Waals surface area contributed by atoms with E-state index in [2.05, 4.69) is 24.5 Å². The fourth-order valence-electron chi connectivity index (χ4n) is 2.57. The van der Waals surface area contributed by atoms with Gasteiger partial charge in [0.25, 0.3) is 11.8 Å². The second-order valence-electron chi connectivity index (χ2n) is 6.84. The van der Waals surface area contributed by atoms with Crippen LogP contribution in [0.15, 0.2) is 48.5 Å². The summed E-state index contributed by atoms with van der Waals surface area (Å²) in [7, 11) is 0. The number of para-hydroxylation sites is 1. The van der Waals surface area contributed by atoms with Crippen LogP contribution < -0.4 is 20.1 Å². The van der Waals surface area contributed by atoms with Gasteiger partial charge in [-0.1, -0.05) is 43.6 Å². The number of rotatable bonds is 10. The molecule has 0 saturated heterocycles. The van der Waals surface area contributed by atoms with Crippen LogP contribution in [0.4, 0.5) is 0 Å². The average molecular weight is 419 g/mol. The fourth-order valence-corrected chi connectivity index (χ4v) is 2.70. The van der Waals surface area contributed by atoms with Gasteiger partial charge in [0.05, 0.1) is 0 Å². The van der Waals surface area contributed by atoms with Gasteiger partial charge in [-0.3, -0.25) is 9.59 Å². The molecule has 0 saturated carbocycles.